The van der Waals surface area contributed by atoms with Crippen molar-refractivity contribution in [2.45, 2.75) is 12.8 Å². The van der Waals surface area contributed by atoms with Crippen LogP contribution in [0.2, 0.25) is 0 Å². The first-order chi connectivity index (χ1) is 4.41. The predicted molar refractivity (Wildman–Crippen MR) is 37.7 cm³/mol. The van der Waals surface area contributed by atoms with E-state index >= 15 is 0 Å². The van der Waals surface area contributed by atoms with Crippen molar-refractivity contribution >= 4 is 0 Å². The standard InChI is InChI=1S/C6H15N2O/c7-3-5-8-4-1-2-6-9/h4,8-9H,1-3,5-7H2. The average Bonchev–Trinajstić information content (AvgIpc) is 1.89. The summed E-state index contributed by atoms with van der Waals surface area (Å²) < 4.78 is 0. The Bertz CT molecular complexity index is 44.3. The van der Waals surface area contributed by atoms with E-state index < -0.39 is 0 Å². The second kappa shape index (κ2) is 7.88. The van der Waals surface area contributed by atoms with Crippen LogP contribution in [0.4, 0.5) is 0 Å². The van der Waals surface area contributed by atoms with Gasteiger partial charge < -0.3 is 16.2 Å². The highest BCUT2D eigenvalue weighted by molar-refractivity contribution is 4.60. The number of hydrogen-bond donors (Lipinski definition) is 3. The molecule has 4 N–H and O–H groups in total. The molecular formula is C6H15N2O. The lowest BCUT2D eigenvalue weighted by atomic mass is 10.3. The maximum atomic E-state index is 8.35. The quantitative estimate of drug-likeness (QED) is 0.425. The molecule has 0 aliphatic rings. The van der Waals surface area contributed by atoms with Crippen molar-refractivity contribution in [1.29, 1.82) is 0 Å². The molecule has 0 bridgehead atoms. The van der Waals surface area contributed by atoms with E-state index in [0.29, 0.717) is 6.54 Å². The van der Waals surface area contributed by atoms with Crippen molar-refractivity contribution in [2.75, 3.05) is 19.7 Å². The Morgan fingerprint density at radius 3 is 2.89 bits per heavy atom. The smallest absolute Gasteiger partial charge is 0.0431 e. The zero-order valence-electron chi connectivity index (χ0n) is 5.64. The molecule has 3 heteroatoms. The zero-order valence-corrected chi connectivity index (χ0v) is 5.64. The van der Waals surface area contributed by atoms with Crippen molar-refractivity contribution in [3.63, 3.8) is 0 Å². The molecule has 0 atom stereocenters. The number of unbranched alkanes of at least 4 members (excludes halogenated alkanes) is 1. The Kier molecular flexibility index (Phi) is 7.77. The maximum Gasteiger partial charge on any atom is 0.0431 e. The summed E-state index contributed by atoms with van der Waals surface area (Å²) >= 11 is 0. The van der Waals surface area contributed by atoms with Gasteiger partial charge in [0.05, 0.1) is 0 Å². The number of rotatable bonds is 6. The van der Waals surface area contributed by atoms with E-state index in [4.69, 9.17) is 10.8 Å². The molecule has 0 unspecified atom stereocenters. The minimum Gasteiger partial charge on any atom is -0.396 e. The van der Waals surface area contributed by atoms with Crippen LogP contribution in [0.5, 0.6) is 0 Å². The third-order valence-corrected chi connectivity index (χ3v) is 0.940. The van der Waals surface area contributed by atoms with Gasteiger partial charge in [-0.05, 0) is 12.8 Å². The number of aliphatic hydroxyl groups excluding tert-OH is 1. The molecule has 0 aromatic heterocycles. The third kappa shape index (κ3) is 7.88. The van der Waals surface area contributed by atoms with Gasteiger partial charge >= 0.3 is 0 Å². The molecule has 0 saturated carbocycles. The van der Waals surface area contributed by atoms with Crippen molar-refractivity contribution in [3.8, 4) is 0 Å². The largest absolute Gasteiger partial charge is 0.396 e. The Balaban J connectivity index is 2.60. The van der Waals surface area contributed by atoms with Gasteiger partial charge in [0.1, 0.15) is 0 Å². The van der Waals surface area contributed by atoms with E-state index in [2.05, 4.69) is 5.32 Å². The molecule has 55 valence electrons. The topological polar surface area (TPSA) is 58.3 Å². The first kappa shape index (κ1) is 8.88. The first-order valence-electron chi connectivity index (χ1n) is 3.27. The van der Waals surface area contributed by atoms with Crippen LogP contribution in [0.3, 0.4) is 0 Å². The Morgan fingerprint density at radius 1 is 1.56 bits per heavy atom. The molecular weight excluding hydrogens is 116 g/mol. The summed E-state index contributed by atoms with van der Waals surface area (Å²) in [7, 11) is 0. The van der Waals surface area contributed by atoms with Crippen LogP contribution in [0.25, 0.3) is 0 Å². The highest BCUT2D eigenvalue weighted by Crippen LogP contribution is 1.86. The van der Waals surface area contributed by atoms with E-state index in [1.54, 1.807) is 0 Å². The molecule has 0 spiro atoms. The summed E-state index contributed by atoms with van der Waals surface area (Å²) in [5.74, 6) is 0. The van der Waals surface area contributed by atoms with E-state index in [-0.39, 0.29) is 6.61 Å². The van der Waals surface area contributed by atoms with Crippen molar-refractivity contribution in [3.05, 3.63) is 6.54 Å². The average molecular weight is 131 g/mol. The lowest BCUT2D eigenvalue weighted by molar-refractivity contribution is 0.287. The SMILES string of the molecule is NCCN[CH]CCCO. The monoisotopic (exact) mass is 131 g/mol. The highest BCUT2D eigenvalue weighted by atomic mass is 16.2. The molecule has 0 aromatic rings. The van der Waals surface area contributed by atoms with Gasteiger partial charge in [0.25, 0.3) is 0 Å². The fourth-order valence-corrected chi connectivity index (χ4v) is 0.481. The van der Waals surface area contributed by atoms with Crippen LogP contribution in [0, 0.1) is 6.54 Å². The second-order valence-electron chi connectivity index (χ2n) is 1.81. The van der Waals surface area contributed by atoms with Crippen LogP contribution < -0.4 is 11.1 Å². The maximum absolute atomic E-state index is 8.35. The van der Waals surface area contributed by atoms with Gasteiger partial charge in [0.2, 0.25) is 0 Å². The van der Waals surface area contributed by atoms with Crippen LogP contribution in [-0.4, -0.2) is 24.8 Å². The summed E-state index contributed by atoms with van der Waals surface area (Å²) in [6.07, 6.45) is 1.74. The van der Waals surface area contributed by atoms with Gasteiger partial charge in [-0.15, -0.1) is 0 Å². The zero-order chi connectivity index (χ0) is 6.95. The summed E-state index contributed by atoms with van der Waals surface area (Å²) in [5, 5.41) is 11.4. The minimum absolute atomic E-state index is 0.265. The van der Waals surface area contributed by atoms with Crippen molar-refractivity contribution < 1.29 is 5.11 Å². The molecule has 0 fully saturated rings. The molecule has 0 heterocycles. The summed E-state index contributed by atoms with van der Waals surface area (Å²) in [5.41, 5.74) is 5.21. The molecule has 0 amide bonds. The highest BCUT2D eigenvalue weighted by Gasteiger charge is 1.84. The second-order valence-corrected chi connectivity index (χ2v) is 1.81. The molecule has 0 aliphatic carbocycles. The van der Waals surface area contributed by atoms with Crippen molar-refractivity contribution in [2.24, 2.45) is 5.73 Å². The number of aliphatic hydroxyl groups is 1. The van der Waals surface area contributed by atoms with Crippen LogP contribution in [0.1, 0.15) is 12.8 Å². The fraction of sp³-hybridized carbons (Fsp3) is 0.833. The van der Waals surface area contributed by atoms with Gasteiger partial charge in [0, 0.05) is 26.2 Å². The Morgan fingerprint density at radius 2 is 2.33 bits per heavy atom. The molecule has 0 rings (SSSR count). The normalized spacial score (nSPS) is 10.0. The summed E-state index contributed by atoms with van der Waals surface area (Å²) in [6, 6.07) is 0. The van der Waals surface area contributed by atoms with Crippen LogP contribution in [0.15, 0.2) is 0 Å². The minimum atomic E-state index is 0.265. The molecule has 0 aliphatic heterocycles. The van der Waals surface area contributed by atoms with E-state index in [0.717, 1.165) is 19.4 Å². The van der Waals surface area contributed by atoms with Gasteiger partial charge in [-0.3, -0.25) is 0 Å². The number of nitrogens with one attached hydrogen (secondary N) is 1. The third-order valence-electron chi connectivity index (χ3n) is 0.940. The van der Waals surface area contributed by atoms with E-state index in [9.17, 15) is 0 Å². The molecule has 3 nitrogen and oxygen atoms in total. The van der Waals surface area contributed by atoms with Gasteiger partial charge in [-0.25, -0.2) is 0 Å². The number of hydrogen-bond acceptors (Lipinski definition) is 3. The first-order valence-corrected chi connectivity index (χ1v) is 3.27. The van der Waals surface area contributed by atoms with E-state index in [1.165, 1.54) is 0 Å². The van der Waals surface area contributed by atoms with E-state index in [1.807, 2.05) is 6.54 Å². The molecule has 9 heavy (non-hydrogen) atoms. The summed E-state index contributed by atoms with van der Waals surface area (Å²) in [6.45, 7) is 3.69. The lowest BCUT2D eigenvalue weighted by Crippen LogP contribution is -2.19. The Hall–Kier alpha value is -0.120. The lowest BCUT2D eigenvalue weighted by Gasteiger charge is -1.98. The molecule has 0 aromatic carbocycles. The van der Waals surface area contributed by atoms with Gasteiger partial charge in [0.15, 0.2) is 0 Å². The molecule has 1 radical (unpaired) electrons. The summed E-state index contributed by atoms with van der Waals surface area (Å²) in [4.78, 5) is 0. The van der Waals surface area contributed by atoms with Gasteiger partial charge in [-0.2, -0.15) is 0 Å². The molecule has 0 saturated heterocycles. The number of nitrogens with two attached hydrogens (primary N) is 1. The fourth-order valence-electron chi connectivity index (χ4n) is 0.481. The van der Waals surface area contributed by atoms with Gasteiger partial charge in [-0.1, -0.05) is 0 Å². The van der Waals surface area contributed by atoms with Crippen LogP contribution in [-0.2, 0) is 0 Å². The van der Waals surface area contributed by atoms with Crippen molar-refractivity contribution in [1.82, 2.24) is 5.32 Å². The van der Waals surface area contributed by atoms with Crippen LogP contribution >= 0.6 is 0 Å². The predicted octanol–water partition coefficient (Wildman–Crippen LogP) is -0.531. The Labute approximate surface area is 56.2 Å².